The maximum atomic E-state index is 11.7. The lowest BCUT2D eigenvalue weighted by Crippen LogP contribution is -2.24. The summed E-state index contributed by atoms with van der Waals surface area (Å²) in [7, 11) is -3.89. The maximum Gasteiger partial charge on any atom is 0.285 e. The van der Waals surface area contributed by atoms with Gasteiger partial charge in [-0.25, -0.2) is 0 Å². The van der Waals surface area contributed by atoms with Crippen molar-refractivity contribution in [1.82, 2.24) is 0 Å². The van der Waals surface area contributed by atoms with Crippen LogP contribution in [0.3, 0.4) is 0 Å². The third kappa shape index (κ3) is 2.64. The van der Waals surface area contributed by atoms with E-state index in [0.29, 0.717) is 15.7 Å². The Labute approximate surface area is 102 Å². The summed E-state index contributed by atoms with van der Waals surface area (Å²) in [4.78, 5) is -0.0124. The van der Waals surface area contributed by atoms with Gasteiger partial charge in [-0.3, -0.25) is 0 Å². The van der Waals surface area contributed by atoms with Crippen molar-refractivity contribution >= 4 is 37.6 Å². The number of nitrogens with two attached hydrogens (primary N) is 3. The van der Waals surface area contributed by atoms with Gasteiger partial charge in [0, 0.05) is 10.2 Å². The Kier molecular flexibility index (Phi) is 3.44. The fourth-order valence-corrected chi connectivity index (χ4v) is 2.71. The number of aryl methyl sites for hydroxylation is 1. The third-order valence-electron chi connectivity index (χ3n) is 1.80. The van der Waals surface area contributed by atoms with E-state index in [-0.39, 0.29) is 4.90 Å². The van der Waals surface area contributed by atoms with Crippen LogP contribution in [0.5, 0.6) is 0 Å². The molecule has 1 rings (SSSR count). The fraction of sp³-hybridized carbons (Fsp3) is 0.125. The molecule has 16 heavy (non-hydrogen) atoms. The Morgan fingerprint density at radius 2 is 1.94 bits per heavy atom. The van der Waals surface area contributed by atoms with Gasteiger partial charge >= 0.3 is 0 Å². The standard InChI is InChI=1S/C8H11BrN4O2S/c1-4-2-5(9)6(10)3-7(4)16(14,15)13-8(11)12/h2-3H,10H2,1H3,(H4,11,12,13). The van der Waals surface area contributed by atoms with Gasteiger partial charge in [-0.05, 0) is 40.5 Å². The van der Waals surface area contributed by atoms with E-state index in [1.54, 1.807) is 13.0 Å². The summed E-state index contributed by atoms with van der Waals surface area (Å²) in [6, 6.07) is 2.89. The number of nitrogen functional groups attached to an aromatic ring is 1. The van der Waals surface area contributed by atoms with Crippen LogP contribution in [0.25, 0.3) is 0 Å². The molecule has 0 radical (unpaired) electrons. The van der Waals surface area contributed by atoms with Crippen LogP contribution < -0.4 is 17.2 Å². The minimum atomic E-state index is -3.89. The molecule has 0 atom stereocenters. The molecular formula is C8H11BrN4O2S. The molecule has 1 aromatic rings. The van der Waals surface area contributed by atoms with Crippen LogP contribution in [0.4, 0.5) is 5.69 Å². The van der Waals surface area contributed by atoms with Gasteiger partial charge < -0.3 is 17.2 Å². The Hall–Kier alpha value is -1.28. The van der Waals surface area contributed by atoms with Crippen molar-refractivity contribution in [2.75, 3.05) is 5.73 Å². The lowest BCUT2D eigenvalue weighted by atomic mass is 10.2. The van der Waals surface area contributed by atoms with Crippen LogP contribution in [0.15, 0.2) is 25.9 Å². The lowest BCUT2D eigenvalue weighted by molar-refractivity contribution is 0.597. The van der Waals surface area contributed by atoms with E-state index in [4.69, 9.17) is 17.2 Å². The van der Waals surface area contributed by atoms with E-state index in [1.165, 1.54) is 6.07 Å². The summed E-state index contributed by atoms with van der Waals surface area (Å²) < 4.78 is 27.2. The summed E-state index contributed by atoms with van der Waals surface area (Å²) in [6.45, 7) is 1.62. The van der Waals surface area contributed by atoms with E-state index in [9.17, 15) is 8.42 Å². The first-order valence-corrected chi connectivity index (χ1v) is 6.39. The van der Waals surface area contributed by atoms with Crippen LogP contribution in [0.1, 0.15) is 5.56 Å². The zero-order valence-electron chi connectivity index (χ0n) is 8.44. The fourth-order valence-electron chi connectivity index (χ4n) is 1.13. The molecule has 0 saturated heterocycles. The van der Waals surface area contributed by atoms with Gasteiger partial charge in [0.15, 0.2) is 0 Å². The SMILES string of the molecule is Cc1cc(Br)c(N)cc1S(=O)(=O)N=C(N)N. The van der Waals surface area contributed by atoms with Crippen molar-refractivity contribution in [2.24, 2.45) is 15.9 Å². The molecule has 0 fully saturated rings. The largest absolute Gasteiger partial charge is 0.398 e. The van der Waals surface area contributed by atoms with Gasteiger partial charge in [0.2, 0.25) is 5.96 Å². The van der Waals surface area contributed by atoms with Gasteiger partial charge in [-0.1, -0.05) is 0 Å². The lowest BCUT2D eigenvalue weighted by Gasteiger charge is -2.06. The van der Waals surface area contributed by atoms with E-state index in [0.717, 1.165) is 0 Å². The number of anilines is 1. The number of rotatable bonds is 2. The summed E-state index contributed by atoms with van der Waals surface area (Å²) in [5.74, 6) is -0.513. The van der Waals surface area contributed by atoms with Crippen molar-refractivity contribution in [1.29, 1.82) is 0 Å². The van der Waals surface area contributed by atoms with Crippen molar-refractivity contribution < 1.29 is 8.42 Å². The normalized spacial score (nSPS) is 11.1. The van der Waals surface area contributed by atoms with Crippen molar-refractivity contribution in [3.8, 4) is 0 Å². The van der Waals surface area contributed by atoms with Crippen LogP contribution in [-0.2, 0) is 10.0 Å². The van der Waals surface area contributed by atoms with E-state index in [1.807, 2.05) is 0 Å². The second kappa shape index (κ2) is 4.30. The Morgan fingerprint density at radius 3 is 2.44 bits per heavy atom. The van der Waals surface area contributed by atoms with Gasteiger partial charge in [-0.2, -0.15) is 8.42 Å². The molecule has 6 N–H and O–H groups in total. The third-order valence-corrected chi connectivity index (χ3v) is 3.93. The Bertz CT molecular complexity index is 549. The molecule has 0 heterocycles. The first-order valence-electron chi connectivity index (χ1n) is 4.15. The molecule has 0 amide bonds. The molecule has 1 aromatic carbocycles. The molecule has 0 bridgehead atoms. The molecule has 0 saturated carbocycles. The predicted molar refractivity (Wildman–Crippen MR) is 66.3 cm³/mol. The highest BCUT2D eigenvalue weighted by atomic mass is 79.9. The number of sulfonamides is 1. The molecule has 88 valence electrons. The molecule has 8 heteroatoms. The predicted octanol–water partition coefficient (Wildman–Crippen LogP) is 0.302. The highest BCUT2D eigenvalue weighted by Gasteiger charge is 2.17. The first kappa shape index (κ1) is 12.8. The average Bonchev–Trinajstić information content (AvgIpc) is 2.08. The zero-order chi connectivity index (χ0) is 12.5. The molecule has 0 aromatic heterocycles. The number of guanidine groups is 1. The van der Waals surface area contributed by atoms with Gasteiger partial charge in [-0.15, -0.1) is 4.40 Å². The number of hydrogen-bond donors (Lipinski definition) is 3. The molecule has 6 nitrogen and oxygen atoms in total. The molecule has 0 aliphatic heterocycles. The summed E-state index contributed by atoms with van der Waals surface area (Å²) >= 11 is 3.19. The maximum absolute atomic E-state index is 11.7. The minimum absolute atomic E-state index is 0.0124. The van der Waals surface area contributed by atoms with Crippen LogP contribution in [0, 0.1) is 6.92 Å². The van der Waals surface area contributed by atoms with Crippen LogP contribution >= 0.6 is 15.9 Å². The van der Waals surface area contributed by atoms with Crippen molar-refractivity contribution in [3.63, 3.8) is 0 Å². The summed E-state index contributed by atoms with van der Waals surface area (Å²) in [5.41, 5.74) is 16.5. The molecule has 0 aliphatic carbocycles. The highest BCUT2D eigenvalue weighted by Crippen LogP contribution is 2.27. The molecular weight excluding hydrogens is 296 g/mol. The summed E-state index contributed by atoms with van der Waals surface area (Å²) in [5, 5.41) is 0. The highest BCUT2D eigenvalue weighted by molar-refractivity contribution is 9.10. The number of nitrogens with zero attached hydrogens (tertiary/aromatic N) is 1. The quantitative estimate of drug-likeness (QED) is 0.412. The smallest absolute Gasteiger partial charge is 0.285 e. The second-order valence-electron chi connectivity index (χ2n) is 3.13. The number of hydrogen-bond acceptors (Lipinski definition) is 3. The van der Waals surface area contributed by atoms with Crippen molar-refractivity contribution in [3.05, 3.63) is 22.2 Å². The topological polar surface area (TPSA) is 125 Å². The van der Waals surface area contributed by atoms with Crippen LogP contribution in [0.2, 0.25) is 0 Å². The second-order valence-corrected chi connectivity index (χ2v) is 5.56. The average molecular weight is 307 g/mol. The van der Waals surface area contributed by atoms with E-state index >= 15 is 0 Å². The number of benzene rings is 1. The van der Waals surface area contributed by atoms with Gasteiger partial charge in [0.25, 0.3) is 10.0 Å². The van der Waals surface area contributed by atoms with Gasteiger partial charge in [0.05, 0.1) is 4.90 Å². The Balaban J connectivity index is 3.46. The molecule has 0 spiro atoms. The van der Waals surface area contributed by atoms with E-state index in [2.05, 4.69) is 20.3 Å². The first-order chi connectivity index (χ1) is 7.24. The van der Waals surface area contributed by atoms with E-state index < -0.39 is 16.0 Å². The summed E-state index contributed by atoms with van der Waals surface area (Å²) in [6.07, 6.45) is 0. The van der Waals surface area contributed by atoms with Crippen molar-refractivity contribution in [2.45, 2.75) is 11.8 Å². The van der Waals surface area contributed by atoms with Gasteiger partial charge in [0.1, 0.15) is 0 Å². The number of halogens is 1. The Morgan fingerprint density at radius 1 is 1.38 bits per heavy atom. The monoisotopic (exact) mass is 306 g/mol. The van der Waals surface area contributed by atoms with Crippen LogP contribution in [-0.4, -0.2) is 14.4 Å². The molecule has 0 unspecified atom stereocenters. The zero-order valence-corrected chi connectivity index (χ0v) is 10.8. The minimum Gasteiger partial charge on any atom is -0.398 e. The molecule has 0 aliphatic rings.